The number of hydrogen-bond donors (Lipinski definition) is 3. The van der Waals surface area contributed by atoms with Crippen LogP contribution in [0.25, 0.3) is 0 Å². The zero-order valence-corrected chi connectivity index (χ0v) is 11.2. The van der Waals surface area contributed by atoms with Crippen LogP contribution in [-0.2, 0) is 11.2 Å². The van der Waals surface area contributed by atoms with E-state index in [2.05, 4.69) is 36.6 Å². The minimum absolute atomic E-state index is 0.370. The van der Waals surface area contributed by atoms with E-state index >= 15 is 0 Å². The summed E-state index contributed by atoms with van der Waals surface area (Å²) in [6.07, 6.45) is 1.06. The van der Waals surface area contributed by atoms with Crippen LogP contribution in [0.15, 0.2) is 24.3 Å². The highest BCUT2D eigenvalue weighted by molar-refractivity contribution is 5.74. The lowest BCUT2D eigenvalue weighted by Gasteiger charge is -2.13. The fourth-order valence-electron chi connectivity index (χ4n) is 1.76. The standard InChI is InChI=1S/C14H22N2O2/c1-10(2)8-11-4-6-12(7-5-11)16-9-13(15-3)14(17)18/h4-7,10,13,15-16H,8-9H2,1-3H3,(H,17,18). The van der Waals surface area contributed by atoms with Crippen LogP contribution in [0.5, 0.6) is 0 Å². The molecule has 4 heteroatoms. The van der Waals surface area contributed by atoms with Gasteiger partial charge in [-0.1, -0.05) is 26.0 Å². The van der Waals surface area contributed by atoms with Gasteiger partial charge in [-0.3, -0.25) is 4.79 Å². The van der Waals surface area contributed by atoms with E-state index in [-0.39, 0.29) is 0 Å². The molecule has 18 heavy (non-hydrogen) atoms. The van der Waals surface area contributed by atoms with Crippen molar-refractivity contribution in [2.24, 2.45) is 5.92 Å². The lowest BCUT2D eigenvalue weighted by Crippen LogP contribution is -2.39. The molecule has 1 aromatic rings. The summed E-state index contributed by atoms with van der Waals surface area (Å²) in [4.78, 5) is 10.8. The number of rotatable bonds is 7. The monoisotopic (exact) mass is 250 g/mol. The molecule has 0 spiro atoms. The average molecular weight is 250 g/mol. The van der Waals surface area contributed by atoms with Crippen LogP contribution in [0.4, 0.5) is 5.69 Å². The Labute approximate surface area is 108 Å². The van der Waals surface area contributed by atoms with Gasteiger partial charge in [-0.05, 0) is 37.1 Å². The first kappa shape index (κ1) is 14.5. The molecule has 0 saturated heterocycles. The van der Waals surface area contributed by atoms with Crippen LogP contribution in [0, 0.1) is 5.92 Å². The number of carboxylic acids is 1. The fourth-order valence-corrected chi connectivity index (χ4v) is 1.76. The van der Waals surface area contributed by atoms with Crippen LogP contribution in [-0.4, -0.2) is 30.7 Å². The maximum atomic E-state index is 10.8. The van der Waals surface area contributed by atoms with Gasteiger partial charge in [0.2, 0.25) is 0 Å². The zero-order chi connectivity index (χ0) is 13.5. The molecule has 1 rings (SSSR count). The molecule has 1 unspecified atom stereocenters. The van der Waals surface area contributed by atoms with Crippen molar-refractivity contribution >= 4 is 11.7 Å². The Balaban J connectivity index is 2.50. The first-order valence-corrected chi connectivity index (χ1v) is 6.25. The Bertz CT molecular complexity index is 374. The van der Waals surface area contributed by atoms with Crippen molar-refractivity contribution < 1.29 is 9.90 Å². The smallest absolute Gasteiger partial charge is 0.322 e. The maximum absolute atomic E-state index is 10.8. The number of nitrogens with one attached hydrogen (secondary N) is 2. The molecule has 0 heterocycles. The van der Waals surface area contributed by atoms with Crippen molar-refractivity contribution in [3.63, 3.8) is 0 Å². The van der Waals surface area contributed by atoms with Crippen molar-refractivity contribution in [1.82, 2.24) is 5.32 Å². The second-order valence-electron chi connectivity index (χ2n) is 4.86. The predicted molar refractivity (Wildman–Crippen MR) is 74.0 cm³/mol. The Morgan fingerprint density at radius 1 is 1.28 bits per heavy atom. The summed E-state index contributed by atoms with van der Waals surface area (Å²) < 4.78 is 0. The number of likely N-dealkylation sites (N-methyl/N-ethyl adjacent to an activating group) is 1. The lowest BCUT2D eigenvalue weighted by molar-refractivity contribution is -0.138. The van der Waals surface area contributed by atoms with Gasteiger partial charge in [-0.2, -0.15) is 0 Å². The van der Waals surface area contributed by atoms with E-state index in [1.807, 2.05) is 12.1 Å². The minimum Gasteiger partial charge on any atom is -0.480 e. The van der Waals surface area contributed by atoms with Crippen molar-refractivity contribution in [2.45, 2.75) is 26.3 Å². The number of carbonyl (C=O) groups is 1. The minimum atomic E-state index is -0.846. The molecule has 3 N–H and O–H groups in total. The summed E-state index contributed by atoms with van der Waals surface area (Å²) in [5.74, 6) is -0.203. The number of carboxylic acid groups (broad SMARTS) is 1. The molecular formula is C14H22N2O2. The first-order valence-electron chi connectivity index (χ1n) is 6.25. The molecular weight excluding hydrogens is 228 g/mol. The molecule has 100 valence electrons. The van der Waals surface area contributed by atoms with E-state index in [0.717, 1.165) is 12.1 Å². The molecule has 0 amide bonds. The summed E-state index contributed by atoms with van der Waals surface area (Å²) in [7, 11) is 1.65. The van der Waals surface area contributed by atoms with Gasteiger partial charge in [0.15, 0.2) is 0 Å². The van der Waals surface area contributed by atoms with E-state index in [1.54, 1.807) is 7.05 Å². The largest absolute Gasteiger partial charge is 0.480 e. The van der Waals surface area contributed by atoms with Gasteiger partial charge in [0.25, 0.3) is 0 Å². The Hall–Kier alpha value is -1.55. The van der Waals surface area contributed by atoms with Gasteiger partial charge < -0.3 is 15.7 Å². The van der Waals surface area contributed by atoms with Crippen LogP contribution in [0.1, 0.15) is 19.4 Å². The van der Waals surface area contributed by atoms with Gasteiger partial charge in [-0.25, -0.2) is 0 Å². The predicted octanol–water partition coefficient (Wildman–Crippen LogP) is 1.97. The SMILES string of the molecule is CNC(CNc1ccc(CC(C)C)cc1)C(=O)O. The van der Waals surface area contributed by atoms with Gasteiger partial charge in [-0.15, -0.1) is 0 Å². The Morgan fingerprint density at radius 2 is 1.89 bits per heavy atom. The normalized spacial score (nSPS) is 12.4. The first-order chi connectivity index (χ1) is 8.52. The summed E-state index contributed by atoms with van der Waals surface area (Å²) in [5, 5.41) is 14.8. The summed E-state index contributed by atoms with van der Waals surface area (Å²) in [6, 6.07) is 7.58. The summed E-state index contributed by atoms with van der Waals surface area (Å²) in [5.41, 5.74) is 2.25. The van der Waals surface area contributed by atoms with Gasteiger partial charge in [0, 0.05) is 12.2 Å². The number of anilines is 1. The molecule has 0 saturated carbocycles. The van der Waals surface area contributed by atoms with E-state index < -0.39 is 12.0 Å². The van der Waals surface area contributed by atoms with Crippen molar-refractivity contribution in [3.05, 3.63) is 29.8 Å². The fraction of sp³-hybridized carbons (Fsp3) is 0.500. The van der Waals surface area contributed by atoms with Gasteiger partial charge in [0.05, 0.1) is 0 Å². The molecule has 1 atom stereocenters. The zero-order valence-electron chi connectivity index (χ0n) is 11.2. The van der Waals surface area contributed by atoms with Crippen LogP contribution < -0.4 is 10.6 Å². The van der Waals surface area contributed by atoms with E-state index in [0.29, 0.717) is 12.5 Å². The second kappa shape index (κ2) is 7.01. The van der Waals surface area contributed by atoms with Crippen molar-refractivity contribution in [3.8, 4) is 0 Å². The quantitative estimate of drug-likeness (QED) is 0.692. The highest BCUT2D eigenvalue weighted by atomic mass is 16.4. The van der Waals surface area contributed by atoms with Crippen LogP contribution in [0.2, 0.25) is 0 Å². The average Bonchev–Trinajstić information content (AvgIpc) is 2.31. The van der Waals surface area contributed by atoms with Gasteiger partial charge >= 0.3 is 5.97 Å². The molecule has 0 aliphatic carbocycles. The third-order valence-corrected chi connectivity index (χ3v) is 2.75. The third kappa shape index (κ3) is 4.75. The molecule has 4 nitrogen and oxygen atoms in total. The van der Waals surface area contributed by atoms with Gasteiger partial charge in [0.1, 0.15) is 6.04 Å². The third-order valence-electron chi connectivity index (χ3n) is 2.75. The van der Waals surface area contributed by atoms with Crippen molar-refractivity contribution in [1.29, 1.82) is 0 Å². The van der Waals surface area contributed by atoms with Crippen LogP contribution in [0.3, 0.4) is 0 Å². The molecule has 0 bridgehead atoms. The van der Waals surface area contributed by atoms with Crippen LogP contribution >= 0.6 is 0 Å². The molecule has 0 aliphatic heterocycles. The summed E-state index contributed by atoms with van der Waals surface area (Å²) >= 11 is 0. The second-order valence-corrected chi connectivity index (χ2v) is 4.86. The highest BCUT2D eigenvalue weighted by Crippen LogP contribution is 2.12. The molecule has 0 aromatic heterocycles. The molecule has 0 aliphatic rings. The van der Waals surface area contributed by atoms with E-state index in [9.17, 15) is 4.79 Å². The van der Waals surface area contributed by atoms with E-state index in [1.165, 1.54) is 5.56 Å². The van der Waals surface area contributed by atoms with E-state index in [4.69, 9.17) is 5.11 Å². The van der Waals surface area contributed by atoms with Crippen molar-refractivity contribution in [2.75, 3.05) is 18.9 Å². The Kier molecular flexibility index (Phi) is 5.65. The Morgan fingerprint density at radius 3 is 2.33 bits per heavy atom. The molecule has 0 radical (unpaired) electrons. The number of hydrogen-bond acceptors (Lipinski definition) is 3. The number of aliphatic carboxylic acids is 1. The summed E-state index contributed by atoms with van der Waals surface area (Å²) in [6.45, 7) is 4.75. The maximum Gasteiger partial charge on any atom is 0.322 e. The number of benzene rings is 1. The molecule has 1 aromatic carbocycles. The topological polar surface area (TPSA) is 61.4 Å². The highest BCUT2D eigenvalue weighted by Gasteiger charge is 2.13. The lowest BCUT2D eigenvalue weighted by atomic mass is 10.0. The molecule has 0 fully saturated rings.